The minimum absolute atomic E-state index is 0.0462. The van der Waals surface area contributed by atoms with Gasteiger partial charge in [-0.05, 0) is 19.8 Å². The molecule has 0 radical (unpaired) electrons. The maximum absolute atomic E-state index is 12.7. The van der Waals surface area contributed by atoms with Gasteiger partial charge >= 0.3 is 6.18 Å². The van der Waals surface area contributed by atoms with Crippen molar-refractivity contribution in [3.63, 3.8) is 0 Å². The van der Waals surface area contributed by atoms with E-state index in [0.29, 0.717) is 5.89 Å². The first-order valence-corrected chi connectivity index (χ1v) is 5.49. The predicted octanol–water partition coefficient (Wildman–Crippen LogP) is 2.37. The van der Waals surface area contributed by atoms with Gasteiger partial charge in [-0.25, -0.2) is 0 Å². The average molecular weight is 249 g/mol. The molecule has 1 unspecified atom stereocenters. The molecule has 1 aromatic heterocycles. The van der Waals surface area contributed by atoms with Crippen molar-refractivity contribution >= 4 is 0 Å². The van der Waals surface area contributed by atoms with Crippen LogP contribution in [0.3, 0.4) is 0 Å². The van der Waals surface area contributed by atoms with Crippen LogP contribution in [0.25, 0.3) is 0 Å². The summed E-state index contributed by atoms with van der Waals surface area (Å²) in [6.45, 7) is 3.35. The van der Waals surface area contributed by atoms with Crippen molar-refractivity contribution in [2.45, 2.75) is 44.9 Å². The third kappa shape index (κ3) is 2.77. The van der Waals surface area contributed by atoms with Crippen LogP contribution in [0.2, 0.25) is 0 Å². The minimum atomic E-state index is -4.16. The van der Waals surface area contributed by atoms with Gasteiger partial charge in [-0.1, -0.05) is 0 Å². The van der Waals surface area contributed by atoms with Gasteiger partial charge in [0.2, 0.25) is 11.8 Å². The van der Waals surface area contributed by atoms with E-state index in [0.717, 1.165) is 0 Å². The van der Waals surface area contributed by atoms with E-state index in [1.54, 1.807) is 13.8 Å². The largest absolute Gasteiger partial charge is 0.424 e. The highest BCUT2D eigenvalue weighted by atomic mass is 19.4. The lowest BCUT2D eigenvalue weighted by Crippen LogP contribution is -2.43. The summed E-state index contributed by atoms with van der Waals surface area (Å²) in [5.41, 5.74) is 0. The molecular formula is C10H14F3N3O. The second kappa shape index (κ2) is 4.29. The number of nitrogens with zero attached hydrogens (tertiary/aromatic N) is 2. The van der Waals surface area contributed by atoms with E-state index < -0.39 is 18.1 Å². The second-order valence-corrected chi connectivity index (χ2v) is 4.49. The zero-order valence-electron chi connectivity index (χ0n) is 9.58. The Labute approximate surface area is 96.6 Å². The summed E-state index contributed by atoms with van der Waals surface area (Å²) in [6.07, 6.45) is -4.12. The molecule has 1 aliphatic heterocycles. The highest BCUT2D eigenvalue weighted by Gasteiger charge is 2.45. The number of hydrogen-bond donors (Lipinski definition) is 1. The summed E-state index contributed by atoms with van der Waals surface area (Å²) < 4.78 is 43.3. The van der Waals surface area contributed by atoms with Gasteiger partial charge in [-0.3, -0.25) is 0 Å². The lowest BCUT2D eigenvalue weighted by atomic mass is 9.88. The molecule has 0 amide bonds. The normalized spacial score (nSPS) is 30.5. The Balaban J connectivity index is 2.14. The fourth-order valence-corrected chi connectivity index (χ4v) is 2.18. The van der Waals surface area contributed by atoms with Crippen LogP contribution in [0.4, 0.5) is 13.2 Å². The fourth-order valence-electron chi connectivity index (χ4n) is 2.18. The predicted molar refractivity (Wildman–Crippen MR) is 53.2 cm³/mol. The third-order valence-electron chi connectivity index (χ3n) is 2.95. The summed E-state index contributed by atoms with van der Waals surface area (Å²) in [5.74, 6) is -0.706. The van der Waals surface area contributed by atoms with Crippen LogP contribution in [0.1, 0.15) is 37.6 Å². The molecule has 1 N–H and O–H groups in total. The molecule has 0 spiro atoms. The smallest absolute Gasteiger partial charge is 0.391 e. The Morgan fingerprint density at radius 3 is 2.53 bits per heavy atom. The zero-order valence-corrected chi connectivity index (χ0v) is 9.58. The molecule has 2 rings (SSSR count). The van der Waals surface area contributed by atoms with E-state index in [9.17, 15) is 13.2 Å². The summed E-state index contributed by atoms with van der Waals surface area (Å²) >= 11 is 0. The van der Waals surface area contributed by atoms with Crippen molar-refractivity contribution < 1.29 is 17.6 Å². The van der Waals surface area contributed by atoms with Gasteiger partial charge in [0.15, 0.2) is 0 Å². The molecule has 0 aromatic carbocycles. The fraction of sp³-hybridized carbons (Fsp3) is 0.800. The third-order valence-corrected chi connectivity index (χ3v) is 2.95. The number of hydrogen-bond acceptors (Lipinski definition) is 4. The maximum Gasteiger partial charge on any atom is 0.391 e. The van der Waals surface area contributed by atoms with Crippen molar-refractivity contribution in [2.24, 2.45) is 5.92 Å². The van der Waals surface area contributed by atoms with E-state index in [1.165, 1.54) is 0 Å². The number of piperidine rings is 1. The molecule has 0 saturated carbocycles. The molecule has 17 heavy (non-hydrogen) atoms. The van der Waals surface area contributed by atoms with Crippen LogP contribution >= 0.6 is 0 Å². The molecule has 96 valence electrons. The van der Waals surface area contributed by atoms with E-state index in [1.807, 2.05) is 0 Å². The molecule has 0 bridgehead atoms. The van der Waals surface area contributed by atoms with Crippen LogP contribution < -0.4 is 5.32 Å². The molecule has 1 fully saturated rings. The number of nitrogens with one attached hydrogen (secondary N) is 1. The van der Waals surface area contributed by atoms with Crippen molar-refractivity contribution in [3.8, 4) is 0 Å². The van der Waals surface area contributed by atoms with Gasteiger partial charge in [0.25, 0.3) is 0 Å². The number of alkyl halides is 3. The summed E-state index contributed by atoms with van der Waals surface area (Å²) in [6, 6.07) is -0.723. The van der Waals surface area contributed by atoms with Crippen LogP contribution in [0.15, 0.2) is 4.42 Å². The quantitative estimate of drug-likeness (QED) is 0.830. The molecule has 7 heteroatoms. The first kappa shape index (κ1) is 12.3. The highest BCUT2D eigenvalue weighted by molar-refractivity contribution is 4.96. The Kier molecular flexibility index (Phi) is 3.11. The van der Waals surface area contributed by atoms with Gasteiger partial charge in [0.05, 0.1) is 12.0 Å². The summed E-state index contributed by atoms with van der Waals surface area (Å²) in [5, 5.41) is 10.5. The van der Waals surface area contributed by atoms with Crippen molar-refractivity contribution in [3.05, 3.63) is 11.8 Å². The molecule has 4 nitrogen and oxygen atoms in total. The minimum Gasteiger partial charge on any atom is -0.424 e. The molecule has 0 aliphatic carbocycles. The second-order valence-electron chi connectivity index (χ2n) is 4.49. The lowest BCUT2D eigenvalue weighted by Gasteiger charge is -2.33. The highest BCUT2D eigenvalue weighted by Crippen LogP contribution is 2.39. The van der Waals surface area contributed by atoms with Gasteiger partial charge in [0, 0.05) is 13.0 Å². The standard InChI is InChI=1S/C10H14F3N3O/c1-5-3-7(10(11,12)13)4-8(14-5)9-16-15-6(2)17-9/h5,7-8,14H,3-4H2,1-2H3/t5-,7+,8?/m1/s1. The Morgan fingerprint density at radius 1 is 1.29 bits per heavy atom. The molecule has 3 atom stereocenters. The van der Waals surface area contributed by atoms with Crippen molar-refractivity contribution in [1.29, 1.82) is 0 Å². The van der Waals surface area contributed by atoms with Crippen molar-refractivity contribution in [1.82, 2.24) is 15.5 Å². The SMILES string of the molecule is Cc1nnc(C2C[C@@H](C(F)(F)F)C[C@@H](C)N2)o1. The molecular weight excluding hydrogens is 235 g/mol. The molecule has 1 aliphatic rings. The zero-order chi connectivity index (χ0) is 12.6. The van der Waals surface area contributed by atoms with Gasteiger partial charge in [-0.15, -0.1) is 10.2 Å². The number of rotatable bonds is 1. The van der Waals surface area contributed by atoms with Crippen LogP contribution in [-0.4, -0.2) is 22.4 Å². The topological polar surface area (TPSA) is 51.0 Å². The average Bonchev–Trinajstić information content (AvgIpc) is 2.62. The van der Waals surface area contributed by atoms with Crippen LogP contribution in [0, 0.1) is 12.8 Å². The maximum atomic E-state index is 12.7. The molecule has 2 heterocycles. The van der Waals surface area contributed by atoms with E-state index >= 15 is 0 Å². The monoisotopic (exact) mass is 249 g/mol. The van der Waals surface area contributed by atoms with Gasteiger partial charge in [0.1, 0.15) is 0 Å². The van der Waals surface area contributed by atoms with E-state index in [2.05, 4.69) is 15.5 Å². The van der Waals surface area contributed by atoms with Gasteiger partial charge < -0.3 is 9.73 Å². The summed E-state index contributed by atoms with van der Waals surface area (Å²) in [7, 11) is 0. The molecule has 1 saturated heterocycles. The Hall–Kier alpha value is -1.11. The lowest BCUT2D eigenvalue weighted by molar-refractivity contribution is -0.186. The number of halogens is 3. The van der Waals surface area contributed by atoms with Crippen LogP contribution in [0.5, 0.6) is 0 Å². The van der Waals surface area contributed by atoms with Crippen LogP contribution in [-0.2, 0) is 0 Å². The Morgan fingerprint density at radius 2 is 2.00 bits per heavy atom. The first-order chi connectivity index (χ1) is 7.86. The first-order valence-electron chi connectivity index (χ1n) is 5.49. The van der Waals surface area contributed by atoms with E-state index in [-0.39, 0.29) is 24.8 Å². The number of aromatic nitrogens is 2. The van der Waals surface area contributed by atoms with Crippen molar-refractivity contribution in [2.75, 3.05) is 0 Å². The van der Waals surface area contributed by atoms with Gasteiger partial charge in [-0.2, -0.15) is 13.2 Å². The Bertz CT molecular complexity index is 390. The van der Waals surface area contributed by atoms with E-state index in [4.69, 9.17) is 4.42 Å². The number of aryl methyl sites for hydroxylation is 1. The molecule has 1 aromatic rings. The summed E-state index contributed by atoms with van der Waals surface area (Å²) in [4.78, 5) is 0.